The third-order valence-electron chi connectivity index (χ3n) is 5.46. The second kappa shape index (κ2) is 11.5. The molecule has 2 heterocycles. The lowest BCUT2D eigenvalue weighted by Crippen LogP contribution is -2.17. The van der Waals surface area contributed by atoms with E-state index in [1.807, 2.05) is 41.8 Å². The van der Waals surface area contributed by atoms with Gasteiger partial charge in [0.25, 0.3) is 0 Å². The van der Waals surface area contributed by atoms with E-state index in [2.05, 4.69) is 22.1 Å². The molecule has 8 nitrogen and oxygen atoms in total. The number of anilines is 1. The van der Waals surface area contributed by atoms with Crippen LogP contribution in [0.1, 0.15) is 53.0 Å². The molecule has 1 aliphatic rings. The number of thioether (sulfide) groups is 1. The van der Waals surface area contributed by atoms with Crippen molar-refractivity contribution in [2.75, 3.05) is 17.7 Å². The van der Waals surface area contributed by atoms with Crippen LogP contribution in [0.3, 0.4) is 0 Å². The van der Waals surface area contributed by atoms with Crippen LogP contribution in [-0.2, 0) is 28.9 Å². The maximum absolute atomic E-state index is 12.8. The number of carbonyl (C=O) groups is 2. The van der Waals surface area contributed by atoms with Gasteiger partial charge >= 0.3 is 5.97 Å². The van der Waals surface area contributed by atoms with Crippen LogP contribution in [0.5, 0.6) is 5.75 Å². The Morgan fingerprint density at radius 1 is 1.29 bits per heavy atom. The topological polar surface area (TPSA) is 95.3 Å². The molecule has 1 unspecified atom stereocenters. The van der Waals surface area contributed by atoms with Crippen LogP contribution in [0.15, 0.2) is 48.1 Å². The number of rotatable bonds is 11. The first-order valence-electron chi connectivity index (χ1n) is 11.5. The number of thiophene rings is 1. The first-order valence-corrected chi connectivity index (χ1v) is 13.3. The lowest BCUT2D eigenvalue weighted by atomic mass is 10.1. The maximum Gasteiger partial charge on any atom is 0.341 e. The lowest BCUT2D eigenvalue weighted by molar-refractivity contribution is -0.113. The van der Waals surface area contributed by atoms with Crippen LogP contribution < -0.4 is 10.1 Å². The van der Waals surface area contributed by atoms with E-state index in [9.17, 15) is 9.59 Å². The Bertz CT molecular complexity index is 1210. The molecule has 184 valence electrons. The number of benzene rings is 1. The molecule has 0 radical (unpaired) electrons. The molecule has 10 heteroatoms. The number of nitrogens with zero attached hydrogens (tertiary/aromatic N) is 3. The number of hydrogen-bond acceptors (Lipinski definition) is 8. The zero-order valence-electron chi connectivity index (χ0n) is 19.8. The Labute approximate surface area is 212 Å². The molecule has 1 atom stereocenters. The van der Waals surface area contributed by atoms with Gasteiger partial charge in [-0.1, -0.05) is 36.0 Å². The van der Waals surface area contributed by atoms with Crippen LogP contribution in [0.25, 0.3) is 0 Å². The number of allylic oxidation sites excluding steroid dienone is 1. The van der Waals surface area contributed by atoms with Crippen molar-refractivity contribution in [3.05, 3.63) is 64.8 Å². The molecule has 0 saturated carbocycles. The molecule has 1 aromatic carbocycles. The zero-order chi connectivity index (χ0) is 24.8. The number of nitrogens with one attached hydrogen (secondary N) is 1. The number of para-hydroxylation sites is 1. The van der Waals surface area contributed by atoms with E-state index < -0.39 is 0 Å². The minimum atomic E-state index is -0.377. The summed E-state index contributed by atoms with van der Waals surface area (Å²) in [6.45, 7) is 8.29. The summed E-state index contributed by atoms with van der Waals surface area (Å²) in [5.74, 6) is 0.910. The molecule has 0 bridgehead atoms. The highest BCUT2D eigenvalue weighted by molar-refractivity contribution is 7.99. The van der Waals surface area contributed by atoms with Crippen molar-refractivity contribution in [3.63, 3.8) is 0 Å². The van der Waals surface area contributed by atoms with E-state index in [4.69, 9.17) is 9.47 Å². The van der Waals surface area contributed by atoms with Crippen molar-refractivity contribution >= 4 is 40.0 Å². The minimum absolute atomic E-state index is 0.119. The van der Waals surface area contributed by atoms with E-state index >= 15 is 0 Å². The average Bonchev–Trinajstić information content (AvgIpc) is 3.53. The lowest BCUT2D eigenvalue weighted by Gasteiger charge is -2.15. The van der Waals surface area contributed by atoms with Crippen molar-refractivity contribution in [2.45, 2.75) is 50.9 Å². The Morgan fingerprint density at radius 2 is 2.09 bits per heavy atom. The summed E-state index contributed by atoms with van der Waals surface area (Å²) < 4.78 is 13.1. The molecular formula is C25H28N4O4S2. The molecule has 3 aromatic rings. The molecule has 1 amide bonds. The van der Waals surface area contributed by atoms with Gasteiger partial charge in [-0.05, 0) is 50.8 Å². The van der Waals surface area contributed by atoms with Gasteiger partial charge in [-0.3, -0.25) is 9.36 Å². The molecule has 0 aliphatic heterocycles. The van der Waals surface area contributed by atoms with E-state index in [0.29, 0.717) is 34.7 Å². The monoisotopic (exact) mass is 512 g/mol. The third kappa shape index (κ3) is 5.76. The molecular weight excluding hydrogens is 484 g/mol. The molecule has 0 fully saturated rings. The number of fused-ring (bicyclic) bond motifs is 1. The average molecular weight is 513 g/mol. The van der Waals surface area contributed by atoms with Crippen molar-refractivity contribution in [3.8, 4) is 5.75 Å². The van der Waals surface area contributed by atoms with Gasteiger partial charge < -0.3 is 14.8 Å². The van der Waals surface area contributed by atoms with Gasteiger partial charge in [-0.2, -0.15) is 0 Å². The molecule has 4 rings (SSSR count). The highest BCUT2D eigenvalue weighted by Crippen LogP contribution is 2.39. The highest BCUT2D eigenvalue weighted by atomic mass is 32.2. The number of esters is 1. The summed E-state index contributed by atoms with van der Waals surface area (Å²) in [5, 5.41) is 12.7. The van der Waals surface area contributed by atoms with Crippen molar-refractivity contribution in [1.29, 1.82) is 0 Å². The first kappa shape index (κ1) is 25.0. The van der Waals surface area contributed by atoms with Crippen molar-refractivity contribution < 1.29 is 19.1 Å². The molecule has 1 aliphatic carbocycles. The fourth-order valence-corrected chi connectivity index (χ4v) is 6.02. The van der Waals surface area contributed by atoms with E-state index in [1.165, 1.54) is 23.1 Å². The highest BCUT2D eigenvalue weighted by Gasteiger charge is 2.28. The van der Waals surface area contributed by atoms with Crippen LogP contribution in [0, 0.1) is 0 Å². The number of ether oxygens (including phenoxy) is 2. The Kier molecular flexibility index (Phi) is 8.25. The summed E-state index contributed by atoms with van der Waals surface area (Å²) in [7, 11) is 0. The summed E-state index contributed by atoms with van der Waals surface area (Å²) in [5.41, 5.74) is 1.52. The smallest absolute Gasteiger partial charge is 0.341 e. The van der Waals surface area contributed by atoms with Gasteiger partial charge in [0.2, 0.25) is 5.91 Å². The van der Waals surface area contributed by atoms with Crippen LogP contribution in [0.4, 0.5) is 5.00 Å². The Balaban J connectivity index is 1.44. The molecule has 0 saturated heterocycles. The third-order valence-corrected chi connectivity index (χ3v) is 7.64. The molecule has 2 aromatic heterocycles. The standard InChI is InChI=1S/C25H28N4O4S2/c1-4-14-29-22(16(3)33-17-10-7-6-8-11-17)27-28-25(29)34-15-20(30)26-23-21(24(31)32-5-2)18-12-9-13-19(18)35-23/h4,6-8,10-11,16H,1,5,9,12-15H2,2-3H3,(H,26,30). The Morgan fingerprint density at radius 3 is 2.83 bits per heavy atom. The van der Waals surface area contributed by atoms with Crippen molar-refractivity contribution in [2.24, 2.45) is 0 Å². The van der Waals surface area contributed by atoms with Gasteiger partial charge in [0.15, 0.2) is 17.1 Å². The predicted molar refractivity (Wildman–Crippen MR) is 137 cm³/mol. The Hall–Kier alpha value is -3.11. The van der Waals surface area contributed by atoms with Crippen molar-refractivity contribution in [1.82, 2.24) is 14.8 Å². The van der Waals surface area contributed by atoms with Gasteiger partial charge in [0, 0.05) is 11.4 Å². The van der Waals surface area contributed by atoms with Crippen LogP contribution >= 0.6 is 23.1 Å². The summed E-state index contributed by atoms with van der Waals surface area (Å²) in [6, 6.07) is 9.51. The van der Waals surface area contributed by atoms with Gasteiger partial charge in [-0.15, -0.1) is 28.1 Å². The fourth-order valence-electron chi connectivity index (χ4n) is 3.97. The zero-order valence-corrected chi connectivity index (χ0v) is 21.4. The molecule has 1 N–H and O–H groups in total. The number of aromatic nitrogens is 3. The maximum atomic E-state index is 12.8. The second-order valence-corrected chi connectivity index (χ2v) is 9.98. The number of aryl methyl sites for hydroxylation is 1. The first-order chi connectivity index (χ1) is 17.0. The van der Waals surface area contributed by atoms with E-state index in [0.717, 1.165) is 35.5 Å². The molecule has 0 spiro atoms. The van der Waals surface area contributed by atoms with Gasteiger partial charge in [-0.25, -0.2) is 4.79 Å². The van der Waals surface area contributed by atoms with Gasteiger partial charge in [0.1, 0.15) is 10.8 Å². The second-order valence-electron chi connectivity index (χ2n) is 7.93. The molecule has 35 heavy (non-hydrogen) atoms. The normalized spacial score (nSPS) is 13.2. The fraction of sp³-hybridized carbons (Fsp3) is 0.360. The summed E-state index contributed by atoms with van der Waals surface area (Å²) in [4.78, 5) is 26.5. The largest absolute Gasteiger partial charge is 0.483 e. The van der Waals surface area contributed by atoms with E-state index in [-0.39, 0.29) is 23.7 Å². The number of hydrogen-bond donors (Lipinski definition) is 1. The predicted octanol–water partition coefficient (Wildman–Crippen LogP) is 5.06. The van der Waals surface area contributed by atoms with Crippen LogP contribution in [0.2, 0.25) is 0 Å². The SMILES string of the molecule is C=CCn1c(SCC(=O)Nc2sc3c(c2C(=O)OCC)CCC3)nnc1C(C)Oc1ccccc1. The summed E-state index contributed by atoms with van der Waals surface area (Å²) in [6.07, 6.45) is 4.19. The van der Waals surface area contributed by atoms with E-state index in [1.54, 1.807) is 13.0 Å². The minimum Gasteiger partial charge on any atom is -0.483 e. The number of carbonyl (C=O) groups excluding carboxylic acids is 2. The number of amides is 1. The quantitative estimate of drug-likeness (QED) is 0.218. The van der Waals surface area contributed by atoms with Crippen LogP contribution in [-0.4, -0.2) is 39.0 Å². The van der Waals surface area contributed by atoms with Gasteiger partial charge in [0.05, 0.1) is 17.9 Å². The summed E-state index contributed by atoms with van der Waals surface area (Å²) >= 11 is 2.74.